The normalized spacial score (nSPS) is 23.2. The molecule has 5 rings (SSSR count). The Morgan fingerprint density at radius 1 is 1.09 bits per heavy atom. The Morgan fingerprint density at radius 2 is 1.76 bits per heavy atom. The van der Waals surface area contributed by atoms with Crippen molar-refractivity contribution in [2.75, 3.05) is 6.54 Å². The Labute approximate surface area is 197 Å². The summed E-state index contributed by atoms with van der Waals surface area (Å²) in [6, 6.07) is 13.8. The number of nitro groups is 1. The molecule has 2 fully saturated rings. The third kappa shape index (κ3) is 3.97. The molecule has 2 bridgehead atoms. The second-order valence-electron chi connectivity index (χ2n) is 10.8. The number of carbonyl (C=O) groups is 1. The lowest BCUT2D eigenvalue weighted by atomic mass is 9.65. The van der Waals surface area contributed by atoms with E-state index in [9.17, 15) is 19.3 Å². The number of nitrogens with zero attached hydrogens (tertiary/aromatic N) is 4. The second-order valence-corrected chi connectivity index (χ2v) is 10.8. The van der Waals surface area contributed by atoms with Crippen LogP contribution in [-0.2, 0) is 0 Å². The monoisotopic (exact) mass is 462 g/mol. The van der Waals surface area contributed by atoms with Gasteiger partial charge in [-0.2, -0.15) is 5.10 Å². The molecule has 2 aliphatic rings. The number of non-ortho nitro benzene ring substituents is 1. The first-order chi connectivity index (χ1) is 16.0. The smallest absolute Gasteiger partial charge is 0.272 e. The maximum Gasteiger partial charge on any atom is 0.272 e. The number of carbonyl (C=O) groups excluding carboxylic acids is 1. The van der Waals surface area contributed by atoms with Crippen LogP contribution in [0.15, 0.2) is 54.6 Å². The van der Waals surface area contributed by atoms with Gasteiger partial charge in [0.25, 0.3) is 11.6 Å². The van der Waals surface area contributed by atoms with E-state index in [1.807, 2.05) is 4.90 Å². The van der Waals surface area contributed by atoms with E-state index in [0.29, 0.717) is 29.2 Å². The van der Waals surface area contributed by atoms with Crippen molar-refractivity contribution in [3.8, 4) is 16.9 Å². The van der Waals surface area contributed by atoms with E-state index in [1.165, 1.54) is 24.3 Å². The van der Waals surface area contributed by atoms with Gasteiger partial charge in [-0.05, 0) is 72.6 Å². The predicted molar refractivity (Wildman–Crippen MR) is 126 cm³/mol. The topological polar surface area (TPSA) is 81.3 Å². The molecule has 1 saturated carbocycles. The number of hydrogen-bond donors (Lipinski definition) is 0. The first-order valence-electron chi connectivity index (χ1n) is 11.5. The van der Waals surface area contributed by atoms with E-state index in [-0.39, 0.29) is 34.3 Å². The zero-order chi connectivity index (χ0) is 24.3. The molecular formula is C26H27FN4O3. The molecule has 2 aromatic carbocycles. The molecule has 0 radical (unpaired) electrons. The van der Waals surface area contributed by atoms with E-state index >= 15 is 0 Å². The van der Waals surface area contributed by atoms with Crippen LogP contribution < -0.4 is 0 Å². The number of amides is 1. The zero-order valence-corrected chi connectivity index (χ0v) is 19.5. The predicted octanol–water partition coefficient (Wildman–Crippen LogP) is 5.63. The van der Waals surface area contributed by atoms with Crippen LogP contribution in [0, 0.1) is 26.8 Å². The quantitative estimate of drug-likeness (QED) is 0.372. The number of nitro benzene ring substituents is 1. The molecule has 0 spiro atoms. The highest BCUT2D eigenvalue weighted by Gasteiger charge is 2.51. The molecular weight excluding hydrogens is 435 g/mol. The van der Waals surface area contributed by atoms with Crippen molar-refractivity contribution >= 4 is 11.6 Å². The molecule has 0 N–H and O–H groups in total. The molecule has 1 aliphatic heterocycles. The maximum absolute atomic E-state index is 13.9. The molecule has 1 aliphatic carbocycles. The fourth-order valence-corrected chi connectivity index (χ4v) is 6.05. The summed E-state index contributed by atoms with van der Waals surface area (Å²) in [5, 5.41) is 15.8. The minimum Gasteiger partial charge on any atom is -0.334 e. The maximum atomic E-state index is 13.9. The third-order valence-corrected chi connectivity index (χ3v) is 7.05. The van der Waals surface area contributed by atoms with Crippen LogP contribution in [0.2, 0.25) is 0 Å². The molecule has 176 valence electrons. The van der Waals surface area contributed by atoms with Crippen LogP contribution in [0.3, 0.4) is 0 Å². The van der Waals surface area contributed by atoms with E-state index in [2.05, 4.69) is 25.9 Å². The Balaban J connectivity index is 1.57. The average molecular weight is 463 g/mol. The van der Waals surface area contributed by atoms with E-state index < -0.39 is 4.92 Å². The average Bonchev–Trinajstić information content (AvgIpc) is 3.32. The lowest BCUT2D eigenvalue weighted by Gasteiger charge is -2.39. The van der Waals surface area contributed by atoms with Crippen LogP contribution in [0.1, 0.15) is 50.5 Å². The number of hydrogen-bond acceptors (Lipinski definition) is 4. The fraction of sp³-hybridized carbons (Fsp3) is 0.385. The molecule has 2 atom stereocenters. The first-order valence-corrected chi connectivity index (χ1v) is 11.5. The highest BCUT2D eigenvalue weighted by molar-refractivity contribution is 5.95. The standard InChI is InChI=1S/C26H27FN4O3/c1-25(2)13-21-14-26(3,15-25)16-29(21)24(32)23-12-22(17-4-6-18(27)7-5-17)28-30(23)19-8-10-20(11-9-19)31(33)34/h4-12,21H,13-16H2,1-3H3. The summed E-state index contributed by atoms with van der Waals surface area (Å²) in [6.07, 6.45) is 3.01. The van der Waals surface area contributed by atoms with Crippen molar-refractivity contribution in [3.05, 3.63) is 76.2 Å². The molecule has 34 heavy (non-hydrogen) atoms. The van der Waals surface area contributed by atoms with Gasteiger partial charge in [0.1, 0.15) is 11.5 Å². The molecule has 3 aromatic rings. The lowest BCUT2D eigenvalue weighted by molar-refractivity contribution is -0.384. The number of likely N-dealkylation sites (tertiary alicyclic amines) is 1. The van der Waals surface area contributed by atoms with E-state index in [4.69, 9.17) is 0 Å². The van der Waals surface area contributed by atoms with Crippen LogP contribution in [0.4, 0.5) is 10.1 Å². The minimum atomic E-state index is -0.463. The highest BCUT2D eigenvalue weighted by atomic mass is 19.1. The number of fused-ring (bicyclic) bond motifs is 2. The lowest BCUT2D eigenvalue weighted by Crippen LogP contribution is -2.38. The van der Waals surface area contributed by atoms with Crippen molar-refractivity contribution < 1.29 is 14.1 Å². The van der Waals surface area contributed by atoms with Gasteiger partial charge < -0.3 is 4.90 Å². The zero-order valence-electron chi connectivity index (χ0n) is 19.5. The number of benzene rings is 2. The molecule has 1 amide bonds. The second kappa shape index (κ2) is 7.75. The Bertz CT molecular complexity index is 1270. The van der Waals surface area contributed by atoms with Gasteiger partial charge >= 0.3 is 0 Å². The third-order valence-electron chi connectivity index (χ3n) is 7.05. The Hall–Kier alpha value is -3.55. The van der Waals surface area contributed by atoms with Gasteiger partial charge in [-0.1, -0.05) is 20.8 Å². The molecule has 2 unspecified atom stereocenters. The number of rotatable bonds is 4. The molecule has 8 heteroatoms. The van der Waals surface area contributed by atoms with Crippen molar-refractivity contribution in [2.45, 2.75) is 46.1 Å². The molecule has 1 aromatic heterocycles. The highest BCUT2D eigenvalue weighted by Crippen LogP contribution is 2.52. The van der Waals surface area contributed by atoms with Gasteiger partial charge in [-0.3, -0.25) is 14.9 Å². The van der Waals surface area contributed by atoms with Crippen LogP contribution in [0.25, 0.3) is 16.9 Å². The van der Waals surface area contributed by atoms with Gasteiger partial charge in [0.15, 0.2) is 0 Å². The van der Waals surface area contributed by atoms with Crippen LogP contribution in [-0.4, -0.2) is 38.1 Å². The summed E-state index contributed by atoms with van der Waals surface area (Å²) in [7, 11) is 0. The molecule has 1 saturated heterocycles. The van der Waals surface area contributed by atoms with Crippen molar-refractivity contribution in [1.82, 2.24) is 14.7 Å². The van der Waals surface area contributed by atoms with Crippen molar-refractivity contribution in [2.24, 2.45) is 10.8 Å². The first kappa shape index (κ1) is 22.3. The number of halogens is 1. The van der Waals surface area contributed by atoms with Crippen LogP contribution in [0.5, 0.6) is 0 Å². The van der Waals surface area contributed by atoms with E-state index in [0.717, 1.165) is 19.3 Å². The van der Waals surface area contributed by atoms with E-state index in [1.54, 1.807) is 35.0 Å². The summed E-state index contributed by atoms with van der Waals surface area (Å²) >= 11 is 0. The molecule has 2 heterocycles. The number of aromatic nitrogens is 2. The van der Waals surface area contributed by atoms with Crippen molar-refractivity contribution in [1.29, 1.82) is 0 Å². The van der Waals surface area contributed by atoms with Crippen molar-refractivity contribution in [3.63, 3.8) is 0 Å². The van der Waals surface area contributed by atoms with Gasteiger partial charge in [0, 0.05) is 30.3 Å². The summed E-state index contributed by atoms with van der Waals surface area (Å²) in [4.78, 5) is 26.5. The summed E-state index contributed by atoms with van der Waals surface area (Å²) in [5.74, 6) is -0.458. The van der Waals surface area contributed by atoms with Gasteiger partial charge in [-0.25, -0.2) is 9.07 Å². The Kier molecular flexibility index (Phi) is 5.07. The SMILES string of the molecule is CC1(C)CC2CC(C)(CN2C(=O)c2cc(-c3ccc(F)cc3)nn2-c2ccc([N+](=O)[O-])cc2)C1. The Morgan fingerprint density at radius 3 is 2.41 bits per heavy atom. The summed E-state index contributed by atoms with van der Waals surface area (Å²) in [6.45, 7) is 7.47. The van der Waals surface area contributed by atoms with Gasteiger partial charge in [0.05, 0.1) is 16.3 Å². The fourth-order valence-electron chi connectivity index (χ4n) is 6.05. The van der Waals surface area contributed by atoms with Gasteiger partial charge in [-0.15, -0.1) is 0 Å². The largest absolute Gasteiger partial charge is 0.334 e. The van der Waals surface area contributed by atoms with Crippen LogP contribution >= 0.6 is 0 Å². The minimum absolute atomic E-state index is 0.0361. The van der Waals surface area contributed by atoms with Gasteiger partial charge in [0.2, 0.25) is 0 Å². The summed E-state index contributed by atoms with van der Waals surface area (Å²) < 4.78 is 15.0. The molecule has 7 nitrogen and oxygen atoms in total. The summed E-state index contributed by atoms with van der Waals surface area (Å²) in [5.41, 5.74) is 2.38.